The zero-order valence-corrected chi connectivity index (χ0v) is 10.3. The minimum atomic E-state index is -2.21. The van der Waals surface area contributed by atoms with Gasteiger partial charge in [-0.1, -0.05) is 35.9 Å². The number of allylic oxidation sites excluding steroid dienone is 2. The van der Waals surface area contributed by atoms with E-state index in [2.05, 4.69) is 13.8 Å². The second-order valence-corrected chi connectivity index (χ2v) is 7.33. The molecular weight excluding hydrogens is 203 g/mol. The van der Waals surface area contributed by atoms with Crippen LogP contribution in [0.5, 0.6) is 0 Å². The van der Waals surface area contributed by atoms with Crippen LogP contribution in [0.2, 0.25) is 0 Å². The molecule has 0 unspecified atom stereocenters. The number of hydrogen-bond acceptors (Lipinski definition) is 1. The fourth-order valence-corrected chi connectivity index (χ4v) is 5.69. The summed E-state index contributed by atoms with van der Waals surface area (Å²) in [7, 11) is -2.21. The first-order valence-electron chi connectivity index (χ1n) is 5.46. The third-order valence-corrected chi connectivity index (χ3v) is 6.69. The van der Waals surface area contributed by atoms with E-state index in [1.165, 1.54) is 10.9 Å². The Morgan fingerprint density at radius 1 is 1.20 bits per heavy atom. The average Bonchev–Trinajstić information content (AvgIpc) is 2.63. The molecule has 1 nitrogen and oxygen atoms in total. The summed E-state index contributed by atoms with van der Waals surface area (Å²) in [4.78, 5) is 0. The zero-order valence-electron chi connectivity index (χ0n) is 9.36. The normalized spacial score (nSPS) is 25.6. The number of hydrogen-bond donors (Lipinski definition) is 0. The van der Waals surface area contributed by atoms with Crippen LogP contribution in [0.25, 0.3) is 0 Å². The maximum atomic E-state index is 12.9. The smallest absolute Gasteiger partial charge is 0.139 e. The van der Waals surface area contributed by atoms with E-state index in [1.54, 1.807) is 0 Å². The van der Waals surface area contributed by atoms with E-state index in [0.29, 0.717) is 0 Å². The van der Waals surface area contributed by atoms with Crippen molar-refractivity contribution in [1.29, 1.82) is 0 Å². The highest BCUT2D eigenvalue weighted by molar-refractivity contribution is 7.75. The van der Waals surface area contributed by atoms with Crippen molar-refractivity contribution >= 4 is 12.4 Å². The molecule has 0 N–H and O–H groups in total. The van der Waals surface area contributed by atoms with E-state index in [1.807, 2.05) is 30.3 Å². The lowest BCUT2D eigenvalue weighted by Gasteiger charge is -2.15. The molecule has 1 saturated heterocycles. The van der Waals surface area contributed by atoms with E-state index in [4.69, 9.17) is 0 Å². The molecule has 1 fully saturated rings. The summed E-state index contributed by atoms with van der Waals surface area (Å²) in [5, 5.41) is 2.26. The largest absolute Gasteiger partial charge is 0.314 e. The lowest BCUT2D eigenvalue weighted by Crippen LogP contribution is -2.04. The van der Waals surface area contributed by atoms with Crippen LogP contribution in [0.1, 0.15) is 26.7 Å². The molecule has 2 rings (SSSR count). The second kappa shape index (κ2) is 3.98. The molecule has 0 amide bonds. The molecule has 0 bridgehead atoms. The summed E-state index contributed by atoms with van der Waals surface area (Å²) in [6.45, 7) is 4.16. The van der Waals surface area contributed by atoms with Crippen LogP contribution in [-0.2, 0) is 4.57 Å². The van der Waals surface area contributed by atoms with Crippen LogP contribution in [0, 0.1) is 0 Å². The molecule has 1 aliphatic heterocycles. The quantitative estimate of drug-likeness (QED) is 0.658. The summed E-state index contributed by atoms with van der Waals surface area (Å²) < 4.78 is 12.9. The molecule has 1 aromatic rings. The van der Waals surface area contributed by atoms with E-state index >= 15 is 0 Å². The van der Waals surface area contributed by atoms with E-state index in [9.17, 15) is 4.57 Å². The third-order valence-electron chi connectivity index (χ3n) is 3.07. The molecule has 0 aliphatic carbocycles. The molecule has 80 valence electrons. The predicted molar refractivity (Wildman–Crippen MR) is 66.2 cm³/mol. The van der Waals surface area contributed by atoms with Crippen molar-refractivity contribution in [1.82, 2.24) is 0 Å². The molecular formula is C13H17OP. The Balaban J connectivity index is 2.52. The van der Waals surface area contributed by atoms with Crippen molar-refractivity contribution < 1.29 is 4.57 Å². The Hall–Kier alpha value is -0.810. The van der Waals surface area contributed by atoms with Crippen LogP contribution in [-0.4, -0.2) is 6.16 Å². The van der Waals surface area contributed by atoms with Crippen molar-refractivity contribution in [2.24, 2.45) is 0 Å². The van der Waals surface area contributed by atoms with Crippen molar-refractivity contribution in [2.45, 2.75) is 26.7 Å². The molecule has 0 saturated carbocycles. The first-order valence-corrected chi connectivity index (χ1v) is 7.35. The van der Waals surface area contributed by atoms with Crippen molar-refractivity contribution in [3.8, 4) is 0 Å². The standard InChI is InChI=1S/C13H17OP/c1-11(2)13-9-6-10-15(13,14)12-7-4-3-5-8-12/h3-5,7-8H,6,9-10H2,1-2H3/t15-/m0/s1. The van der Waals surface area contributed by atoms with Crippen LogP contribution >= 0.6 is 7.14 Å². The van der Waals surface area contributed by atoms with Gasteiger partial charge in [0.1, 0.15) is 7.14 Å². The molecule has 1 aromatic carbocycles. The van der Waals surface area contributed by atoms with Gasteiger partial charge in [0.25, 0.3) is 0 Å². The molecule has 2 heteroatoms. The van der Waals surface area contributed by atoms with E-state index < -0.39 is 7.14 Å². The number of benzene rings is 1. The summed E-state index contributed by atoms with van der Waals surface area (Å²) >= 11 is 0. The fraction of sp³-hybridized carbons (Fsp3) is 0.385. The highest BCUT2D eigenvalue weighted by atomic mass is 31.2. The van der Waals surface area contributed by atoms with Crippen molar-refractivity contribution in [2.75, 3.05) is 6.16 Å². The van der Waals surface area contributed by atoms with Gasteiger partial charge in [0.15, 0.2) is 0 Å². The Kier molecular flexibility index (Phi) is 2.84. The summed E-state index contributed by atoms with van der Waals surface area (Å²) in [5.74, 6) is 0. The van der Waals surface area contributed by atoms with Crippen molar-refractivity contribution in [3.63, 3.8) is 0 Å². The lowest BCUT2D eigenvalue weighted by molar-refractivity contribution is 0.587. The summed E-state index contributed by atoms with van der Waals surface area (Å²) in [6, 6.07) is 9.96. The van der Waals surface area contributed by atoms with Crippen molar-refractivity contribution in [3.05, 3.63) is 41.2 Å². The van der Waals surface area contributed by atoms with Gasteiger partial charge in [-0.2, -0.15) is 0 Å². The van der Waals surface area contributed by atoms with Crippen LogP contribution in [0.3, 0.4) is 0 Å². The molecule has 1 heterocycles. The average molecular weight is 220 g/mol. The maximum absolute atomic E-state index is 12.9. The first kappa shape index (κ1) is 10.7. The zero-order chi connectivity index (χ0) is 10.9. The molecule has 1 atom stereocenters. The van der Waals surface area contributed by atoms with Gasteiger partial charge < -0.3 is 4.57 Å². The predicted octanol–water partition coefficient (Wildman–Crippen LogP) is 3.76. The second-order valence-electron chi connectivity index (χ2n) is 4.35. The van der Waals surface area contributed by atoms with Crippen LogP contribution in [0.4, 0.5) is 0 Å². The van der Waals surface area contributed by atoms with Gasteiger partial charge in [-0.05, 0) is 32.0 Å². The molecule has 1 aliphatic rings. The Morgan fingerprint density at radius 3 is 2.47 bits per heavy atom. The van der Waals surface area contributed by atoms with Gasteiger partial charge in [0.2, 0.25) is 0 Å². The Bertz CT molecular complexity index is 427. The molecule has 0 aromatic heterocycles. The van der Waals surface area contributed by atoms with Gasteiger partial charge in [0.05, 0.1) is 0 Å². The number of rotatable bonds is 1. The summed E-state index contributed by atoms with van der Waals surface area (Å²) in [5.41, 5.74) is 1.25. The summed E-state index contributed by atoms with van der Waals surface area (Å²) in [6.07, 6.45) is 2.96. The molecule has 0 spiro atoms. The monoisotopic (exact) mass is 220 g/mol. The SMILES string of the molecule is CC(C)=C1CCC[P@]1(=O)c1ccccc1. The highest BCUT2D eigenvalue weighted by Gasteiger charge is 2.34. The minimum absolute atomic E-state index is 0.859. The topological polar surface area (TPSA) is 17.1 Å². The lowest BCUT2D eigenvalue weighted by atomic mass is 10.2. The van der Waals surface area contributed by atoms with Crippen LogP contribution < -0.4 is 5.30 Å². The van der Waals surface area contributed by atoms with E-state index in [0.717, 1.165) is 24.3 Å². The van der Waals surface area contributed by atoms with Gasteiger partial charge in [-0.15, -0.1) is 0 Å². The minimum Gasteiger partial charge on any atom is -0.314 e. The Morgan fingerprint density at radius 2 is 1.87 bits per heavy atom. The maximum Gasteiger partial charge on any atom is 0.139 e. The van der Waals surface area contributed by atoms with E-state index in [-0.39, 0.29) is 0 Å². The van der Waals surface area contributed by atoms with Gasteiger partial charge in [-0.25, -0.2) is 0 Å². The first-order chi connectivity index (χ1) is 7.14. The third kappa shape index (κ3) is 1.81. The van der Waals surface area contributed by atoms with Gasteiger partial charge in [0, 0.05) is 11.5 Å². The molecule has 0 radical (unpaired) electrons. The van der Waals surface area contributed by atoms with Crippen LogP contribution in [0.15, 0.2) is 41.2 Å². The molecule has 15 heavy (non-hydrogen) atoms. The van der Waals surface area contributed by atoms with Gasteiger partial charge >= 0.3 is 0 Å². The highest BCUT2D eigenvalue weighted by Crippen LogP contribution is 2.60. The van der Waals surface area contributed by atoms with Gasteiger partial charge in [-0.3, -0.25) is 0 Å². The Labute approximate surface area is 91.6 Å². The fourth-order valence-electron chi connectivity index (χ4n) is 2.35.